The number of aromatic nitrogens is 2. The standard InChI is InChI=1S/C29H27N3O5S/c1-17(2)11-14-37-21-6-4-5-19(15-21)25-24(26(33)18-9-12-30-13-10-18)27(34)28(35)32(25)29-31-22-8-7-20(36-3)16-23(22)38-29/h4-10,12-13,15-17,25,33H,11,14H2,1-3H3/b26-24+. The van der Waals surface area contributed by atoms with Gasteiger partial charge in [-0.15, -0.1) is 0 Å². The monoisotopic (exact) mass is 529 g/mol. The van der Waals surface area contributed by atoms with Crippen molar-refractivity contribution in [2.75, 3.05) is 18.6 Å². The number of aliphatic hydroxyl groups excluding tert-OH is 1. The Morgan fingerprint density at radius 1 is 1.08 bits per heavy atom. The lowest BCUT2D eigenvalue weighted by Crippen LogP contribution is -2.29. The maximum Gasteiger partial charge on any atom is 0.301 e. The van der Waals surface area contributed by atoms with Gasteiger partial charge < -0.3 is 14.6 Å². The summed E-state index contributed by atoms with van der Waals surface area (Å²) >= 11 is 1.28. The third kappa shape index (κ3) is 4.84. The van der Waals surface area contributed by atoms with Crippen molar-refractivity contribution in [3.05, 3.63) is 83.7 Å². The molecule has 1 N–H and O–H groups in total. The van der Waals surface area contributed by atoms with Crippen LogP contribution < -0.4 is 14.4 Å². The van der Waals surface area contributed by atoms with Crippen LogP contribution in [0.5, 0.6) is 11.5 Å². The minimum absolute atomic E-state index is 0.0163. The molecule has 0 bridgehead atoms. The maximum absolute atomic E-state index is 13.5. The first-order valence-electron chi connectivity index (χ1n) is 12.3. The van der Waals surface area contributed by atoms with Gasteiger partial charge in [-0.3, -0.25) is 19.5 Å². The van der Waals surface area contributed by atoms with Crippen LogP contribution in [0.4, 0.5) is 5.13 Å². The molecule has 8 nitrogen and oxygen atoms in total. The summed E-state index contributed by atoms with van der Waals surface area (Å²) in [4.78, 5) is 36.9. The van der Waals surface area contributed by atoms with E-state index in [1.54, 1.807) is 37.4 Å². The number of benzene rings is 2. The fourth-order valence-corrected chi connectivity index (χ4v) is 5.34. The minimum atomic E-state index is -0.903. The lowest BCUT2D eigenvalue weighted by molar-refractivity contribution is -0.132. The number of fused-ring (bicyclic) bond motifs is 1. The highest BCUT2D eigenvalue weighted by Gasteiger charge is 2.48. The van der Waals surface area contributed by atoms with Crippen LogP contribution in [0.25, 0.3) is 16.0 Å². The van der Waals surface area contributed by atoms with Gasteiger partial charge in [-0.05, 0) is 60.4 Å². The number of ether oxygens (including phenoxy) is 2. The Labute approximate surface area is 224 Å². The van der Waals surface area contributed by atoms with Crippen LogP contribution in [0.15, 0.2) is 72.6 Å². The van der Waals surface area contributed by atoms with Crippen LogP contribution in [0.2, 0.25) is 0 Å². The van der Waals surface area contributed by atoms with Crippen molar-refractivity contribution in [3.8, 4) is 11.5 Å². The van der Waals surface area contributed by atoms with Gasteiger partial charge in [0.25, 0.3) is 5.78 Å². The molecule has 1 saturated heterocycles. The molecule has 0 saturated carbocycles. The summed E-state index contributed by atoms with van der Waals surface area (Å²) in [6.07, 6.45) is 3.93. The number of hydrogen-bond donors (Lipinski definition) is 1. The van der Waals surface area contributed by atoms with Gasteiger partial charge in [-0.2, -0.15) is 0 Å². The molecule has 2 aromatic carbocycles. The number of methoxy groups -OCH3 is 1. The molecule has 9 heteroatoms. The zero-order chi connectivity index (χ0) is 26.8. The Morgan fingerprint density at radius 2 is 1.87 bits per heavy atom. The van der Waals surface area contributed by atoms with E-state index in [1.165, 1.54) is 28.6 Å². The Bertz CT molecular complexity index is 1530. The summed E-state index contributed by atoms with van der Waals surface area (Å²) in [5.41, 5.74) is 1.67. The summed E-state index contributed by atoms with van der Waals surface area (Å²) in [6.45, 7) is 4.79. The molecule has 194 valence electrons. The number of carbonyl (C=O) groups is 2. The van der Waals surface area contributed by atoms with Crippen molar-refractivity contribution < 1.29 is 24.2 Å². The lowest BCUT2D eigenvalue weighted by Gasteiger charge is -2.23. The number of pyridine rings is 1. The van der Waals surface area contributed by atoms with Crippen molar-refractivity contribution >= 4 is 44.1 Å². The molecule has 1 amide bonds. The first-order chi connectivity index (χ1) is 18.4. The number of aliphatic hydroxyl groups is 1. The van der Waals surface area contributed by atoms with Crippen molar-refractivity contribution in [1.82, 2.24) is 9.97 Å². The van der Waals surface area contributed by atoms with Gasteiger partial charge in [-0.25, -0.2) is 4.98 Å². The predicted octanol–water partition coefficient (Wildman–Crippen LogP) is 5.75. The number of nitrogens with zero attached hydrogens (tertiary/aromatic N) is 3. The average molecular weight is 530 g/mol. The van der Waals surface area contributed by atoms with E-state index in [0.29, 0.717) is 45.8 Å². The first-order valence-corrected chi connectivity index (χ1v) is 13.1. The van der Waals surface area contributed by atoms with Gasteiger partial charge in [0.2, 0.25) is 0 Å². The number of anilines is 1. The molecule has 2 aromatic heterocycles. The van der Waals surface area contributed by atoms with Crippen LogP contribution in [0.1, 0.15) is 37.4 Å². The van der Waals surface area contributed by atoms with Gasteiger partial charge in [0.1, 0.15) is 17.3 Å². The van der Waals surface area contributed by atoms with Crippen molar-refractivity contribution in [2.24, 2.45) is 5.92 Å². The number of thiazole rings is 1. The van der Waals surface area contributed by atoms with E-state index in [-0.39, 0.29) is 11.3 Å². The molecule has 5 rings (SSSR count). The molecule has 4 aromatic rings. The van der Waals surface area contributed by atoms with Gasteiger partial charge in [-0.1, -0.05) is 37.3 Å². The van der Waals surface area contributed by atoms with Gasteiger partial charge in [0.15, 0.2) is 5.13 Å². The second kappa shape index (κ2) is 10.6. The number of Topliss-reactive ketones (excluding diaryl/α,β-unsaturated/α-hetero) is 1. The molecule has 0 aliphatic carbocycles. The Balaban J connectivity index is 1.64. The Morgan fingerprint density at radius 3 is 2.61 bits per heavy atom. The highest BCUT2D eigenvalue weighted by atomic mass is 32.1. The van der Waals surface area contributed by atoms with Gasteiger partial charge in [0.05, 0.1) is 35.5 Å². The molecule has 0 spiro atoms. The molecule has 1 fully saturated rings. The normalized spacial score (nSPS) is 16.9. The molecule has 1 atom stereocenters. The van der Waals surface area contributed by atoms with E-state index in [0.717, 1.165) is 11.1 Å². The number of ketones is 1. The lowest BCUT2D eigenvalue weighted by atomic mass is 9.95. The third-order valence-electron chi connectivity index (χ3n) is 6.33. The second-order valence-electron chi connectivity index (χ2n) is 9.34. The number of carbonyl (C=O) groups excluding carboxylic acids is 2. The molecule has 1 unspecified atom stereocenters. The van der Waals surface area contributed by atoms with Crippen molar-refractivity contribution in [2.45, 2.75) is 26.3 Å². The van der Waals surface area contributed by atoms with E-state index in [2.05, 4.69) is 23.8 Å². The molecular formula is C29H27N3O5S. The molecule has 3 heterocycles. The van der Waals surface area contributed by atoms with Crippen molar-refractivity contribution in [1.29, 1.82) is 0 Å². The largest absolute Gasteiger partial charge is 0.507 e. The molecule has 0 radical (unpaired) electrons. The summed E-state index contributed by atoms with van der Waals surface area (Å²) in [5.74, 6) is -0.0487. The van der Waals surface area contributed by atoms with E-state index in [4.69, 9.17) is 9.47 Å². The van der Waals surface area contributed by atoms with Gasteiger partial charge >= 0.3 is 5.91 Å². The Kier molecular flexibility index (Phi) is 7.11. The molecule has 1 aliphatic rings. The minimum Gasteiger partial charge on any atom is -0.507 e. The topological polar surface area (TPSA) is 102 Å². The average Bonchev–Trinajstić information content (AvgIpc) is 3.46. The summed E-state index contributed by atoms with van der Waals surface area (Å²) < 4.78 is 12.1. The van der Waals surface area contributed by atoms with Crippen LogP contribution in [0.3, 0.4) is 0 Å². The van der Waals surface area contributed by atoms with Crippen LogP contribution >= 0.6 is 11.3 Å². The first kappa shape index (κ1) is 25.4. The van der Waals surface area contributed by atoms with E-state index in [9.17, 15) is 14.7 Å². The molecule has 38 heavy (non-hydrogen) atoms. The SMILES string of the molecule is COc1ccc2nc(N3C(=O)C(=O)/C(=C(/O)c4ccncc4)C3c3cccc(OCCC(C)C)c3)sc2c1. The molecular weight excluding hydrogens is 502 g/mol. The number of amides is 1. The van der Waals surface area contributed by atoms with Crippen LogP contribution in [0, 0.1) is 5.92 Å². The Hall–Kier alpha value is -4.24. The van der Waals surface area contributed by atoms with E-state index in [1.807, 2.05) is 24.3 Å². The number of hydrogen-bond acceptors (Lipinski definition) is 8. The van der Waals surface area contributed by atoms with Gasteiger partial charge in [0, 0.05) is 18.0 Å². The highest BCUT2D eigenvalue weighted by Crippen LogP contribution is 2.45. The molecule has 1 aliphatic heterocycles. The van der Waals surface area contributed by atoms with Crippen LogP contribution in [-0.2, 0) is 9.59 Å². The number of rotatable bonds is 8. The quantitative estimate of drug-likeness (QED) is 0.176. The predicted molar refractivity (Wildman–Crippen MR) is 147 cm³/mol. The zero-order valence-electron chi connectivity index (χ0n) is 21.2. The zero-order valence-corrected chi connectivity index (χ0v) is 22.1. The summed E-state index contributed by atoms with van der Waals surface area (Å²) in [5, 5.41) is 11.6. The fraction of sp³-hybridized carbons (Fsp3) is 0.241. The second-order valence-corrected chi connectivity index (χ2v) is 10.3. The smallest absolute Gasteiger partial charge is 0.301 e. The van der Waals surface area contributed by atoms with Crippen LogP contribution in [-0.4, -0.2) is 40.5 Å². The summed E-state index contributed by atoms with van der Waals surface area (Å²) in [7, 11) is 1.58. The fourth-order valence-electron chi connectivity index (χ4n) is 4.32. The summed E-state index contributed by atoms with van der Waals surface area (Å²) in [6, 6.07) is 15.0. The van der Waals surface area contributed by atoms with Crippen molar-refractivity contribution in [3.63, 3.8) is 0 Å². The van der Waals surface area contributed by atoms with E-state index >= 15 is 0 Å². The third-order valence-corrected chi connectivity index (χ3v) is 7.34. The van der Waals surface area contributed by atoms with E-state index < -0.39 is 17.7 Å². The maximum atomic E-state index is 13.5. The highest BCUT2D eigenvalue weighted by molar-refractivity contribution is 7.22.